The number of aromatic nitrogens is 2. The SMILES string of the molecule is COc1ccc(-c2ccnc(-c3ccc(OC(=O)c4ccc(F)cc4)cc3)n2)cc1. The van der Waals surface area contributed by atoms with Crippen LogP contribution in [0.25, 0.3) is 22.6 Å². The number of rotatable bonds is 5. The van der Waals surface area contributed by atoms with Crippen LogP contribution in [-0.4, -0.2) is 23.0 Å². The van der Waals surface area contributed by atoms with E-state index in [1.807, 2.05) is 30.3 Å². The molecule has 0 saturated carbocycles. The van der Waals surface area contributed by atoms with Crippen LogP contribution in [0.5, 0.6) is 11.5 Å². The van der Waals surface area contributed by atoms with Crippen molar-refractivity contribution in [3.05, 3.63) is 96.4 Å². The summed E-state index contributed by atoms with van der Waals surface area (Å²) in [6.07, 6.45) is 1.70. The molecule has 1 aromatic heterocycles. The molecule has 6 heteroatoms. The lowest BCUT2D eigenvalue weighted by Gasteiger charge is -2.07. The molecule has 4 rings (SSSR count). The molecule has 0 aliphatic heterocycles. The first-order chi connectivity index (χ1) is 14.6. The average molecular weight is 400 g/mol. The number of benzene rings is 3. The molecule has 1 heterocycles. The van der Waals surface area contributed by atoms with Gasteiger partial charge in [-0.2, -0.15) is 0 Å². The first-order valence-electron chi connectivity index (χ1n) is 9.18. The molecule has 3 aromatic carbocycles. The lowest BCUT2D eigenvalue weighted by molar-refractivity contribution is 0.0734. The maximum absolute atomic E-state index is 13.0. The van der Waals surface area contributed by atoms with Crippen molar-refractivity contribution >= 4 is 5.97 Å². The van der Waals surface area contributed by atoms with Crippen LogP contribution in [-0.2, 0) is 0 Å². The normalized spacial score (nSPS) is 10.5. The molecule has 0 aliphatic carbocycles. The first-order valence-corrected chi connectivity index (χ1v) is 9.18. The molecule has 0 N–H and O–H groups in total. The van der Waals surface area contributed by atoms with Crippen LogP contribution in [0.3, 0.4) is 0 Å². The number of ether oxygens (including phenoxy) is 2. The molecule has 0 spiro atoms. The summed E-state index contributed by atoms with van der Waals surface area (Å²) in [6, 6.07) is 21.5. The van der Waals surface area contributed by atoms with Gasteiger partial charge in [0.2, 0.25) is 0 Å². The first kappa shape index (κ1) is 19.3. The van der Waals surface area contributed by atoms with Crippen molar-refractivity contribution in [1.82, 2.24) is 9.97 Å². The minimum absolute atomic E-state index is 0.274. The number of hydrogen-bond donors (Lipinski definition) is 0. The van der Waals surface area contributed by atoms with E-state index in [0.717, 1.165) is 22.6 Å². The summed E-state index contributed by atoms with van der Waals surface area (Å²) in [7, 11) is 1.62. The second-order valence-electron chi connectivity index (χ2n) is 6.41. The van der Waals surface area contributed by atoms with Crippen LogP contribution in [0.1, 0.15) is 10.4 Å². The molecule has 0 amide bonds. The van der Waals surface area contributed by atoms with Crippen molar-refractivity contribution in [2.45, 2.75) is 0 Å². The summed E-state index contributed by atoms with van der Waals surface area (Å²) in [5.41, 5.74) is 2.79. The van der Waals surface area contributed by atoms with Crippen LogP contribution >= 0.6 is 0 Å². The summed E-state index contributed by atoms with van der Waals surface area (Å²) in [5.74, 6) is 0.742. The van der Waals surface area contributed by atoms with Gasteiger partial charge in [0.05, 0.1) is 18.4 Å². The zero-order chi connectivity index (χ0) is 20.9. The highest BCUT2D eigenvalue weighted by atomic mass is 19.1. The van der Waals surface area contributed by atoms with E-state index in [1.54, 1.807) is 37.6 Å². The van der Waals surface area contributed by atoms with Crippen molar-refractivity contribution in [3.8, 4) is 34.1 Å². The van der Waals surface area contributed by atoms with Crippen molar-refractivity contribution in [1.29, 1.82) is 0 Å². The van der Waals surface area contributed by atoms with Gasteiger partial charge < -0.3 is 9.47 Å². The van der Waals surface area contributed by atoms with Gasteiger partial charge in [-0.1, -0.05) is 0 Å². The molecule has 5 nitrogen and oxygen atoms in total. The predicted molar refractivity (Wildman–Crippen MR) is 111 cm³/mol. The summed E-state index contributed by atoms with van der Waals surface area (Å²) in [4.78, 5) is 21.1. The lowest BCUT2D eigenvalue weighted by Crippen LogP contribution is -2.08. The van der Waals surface area contributed by atoms with Crippen LogP contribution in [0.4, 0.5) is 4.39 Å². The zero-order valence-electron chi connectivity index (χ0n) is 16.1. The summed E-state index contributed by atoms with van der Waals surface area (Å²) < 4.78 is 23.5. The van der Waals surface area contributed by atoms with Gasteiger partial charge in [-0.15, -0.1) is 0 Å². The number of nitrogens with zero attached hydrogens (tertiary/aromatic N) is 2. The topological polar surface area (TPSA) is 61.3 Å². The molecular formula is C24H17FN2O3. The molecule has 0 unspecified atom stereocenters. The second kappa shape index (κ2) is 8.53. The monoisotopic (exact) mass is 400 g/mol. The quantitative estimate of drug-likeness (QED) is 0.341. The van der Waals surface area contributed by atoms with Crippen molar-refractivity contribution in [2.24, 2.45) is 0 Å². The van der Waals surface area contributed by atoms with Crippen LogP contribution in [0.2, 0.25) is 0 Å². The Balaban J connectivity index is 1.51. The van der Waals surface area contributed by atoms with Crippen molar-refractivity contribution < 1.29 is 18.7 Å². The Labute approximate surface area is 172 Å². The molecule has 0 saturated heterocycles. The van der Waals surface area contributed by atoms with E-state index in [-0.39, 0.29) is 5.56 Å². The Morgan fingerprint density at radius 3 is 2.10 bits per heavy atom. The number of carbonyl (C=O) groups is 1. The Morgan fingerprint density at radius 2 is 1.43 bits per heavy atom. The fourth-order valence-electron chi connectivity index (χ4n) is 2.84. The average Bonchev–Trinajstić information content (AvgIpc) is 2.80. The highest BCUT2D eigenvalue weighted by Gasteiger charge is 2.10. The standard InChI is InChI=1S/C24H17FN2O3/c1-29-20-10-4-16(5-11-20)22-14-15-26-23(27-22)17-6-12-21(13-7-17)30-24(28)18-2-8-19(25)9-3-18/h2-15H,1H3. The van der Waals surface area contributed by atoms with Crippen molar-refractivity contribution in [3.63, 3.8) is 0 Å². The second-order valence-corrected chi connectivity index (χ2v) is 6.41. The van der Waals surface area contributed by atoms with Gasteiger partial charge in [0.1, 0.15) is 17.3 Å². The van der Waals surface area contributed by atoms with Gasteiger partial charge in [0.15, 0.2) is 5.82 Å². The van der Waals surface area contributed by atoms with Gasteiger partial charge >= 0.3 is 5.97 Å². The van der Waals surface area contributed by atoms with E-state index in [1.165, 1.54) is 24.3 Å². The largest absolute Gasteiger partial charge is 0.497 e. The fraction of sp³-hybridized carbons (Fsp3) is 0.0417. The van der Waals surface area contributed by atoms with E-state index in [2.05, 4.69) is 9.97 Å². The van der Waals surface area contributed by atoms with Crippen molar-refractivity contribution in [2.75, 3.05) is 7.11 Å². The summed E-state index contributed by atoms with van der Waals surface area (Å²) in [5, 5.41) is 0. The highest BCUT2D eigenvalue weighted by molar-refractivity contribution is 5.91. The highest BCUT2D eigenvalue weighted by Crippen LogP contribution is 2.24. The van der Waals surface area contributed by atoms with E-state index in [4.69, 9.17) is 9.47 Å². The van der Waals surface area contributed by atoms with Gasteiger partial charge in [-0.05, 0) is 78.9 Å². The third-order valence-corrected chi connectivity index (χ3v) is 4.44. The molecular weight excluding hydrogens is 383 g/mol. The molecule has 0 radical (unpaired) electrons. The van der Waals surface area contributed by atoms with Gasteiger partial charge in [0.25, 0.3) is 0 Å². The molecule has 30 heavy (non-hydrogen) atoms. The molecule has 148 valence electrons. The van der Waals surface area contributed by atoms with E-state index in [9.17, 15) is 9.18 Å². The minimum Gasteiger partial charge on any atom is -0.497 e. The number of halogens is 1. The van der Waals surface area contributed by atoms with Gasteiger partial charge in [0, 0.05) is 17.3 Å². The van der Waals surface area contributed by atoms with E-state index in [0.29, 0.717) is 11.6 Å². The zero-order valence-corrected chi connectivity index (χ0v) is 16.1. The summed E-state index contributed by atoms with van der Waals surface area (Å²) in [6.45, 7) is 0. The van der Waals surface area contributed by atoms with Crippen LogP contribution < -0.4 is 9.47 Å². The van der Waals surface area contributed by atoms with Gasteiger partial charge in [-0.3, -0.25) is 0 Å². The van der Waals surface area contributed by atoms with E-state index >= 15 is 0 Å². The lowest BCUT2D eigenvalue weighted by atomic mass is 10.1. The number of methoxy groups -OCH3 is 1. The maximum Gasteiger partial charge on any atom is 0.343 e. The number of esters is 1. The van der Waals surface area contributed by atoms with Crippen LogP contribution in [0, 0.1) is 5.82 Å². The third-order valence-electron chi connectivity index (χ3n) is 4.44. The molecule has 0 fully saturated rings. The molecule has 0 bridgehead atoms. The predicted octanol–water partition coefficient (Wildman–Crippen LogP) is 5.18. The molecule has 4 aromatic rings. The number of carbonyl (C=O) groups excluding carboxylic acids is 1. The van der Waals surface area contributed by atoms with E-state index < -0.39 is 11.8 Å². The number of hydrogen-bond acceptors (Lipinski definition) is 5. The Bertz CT molecular complexity index is 1160. The van der Waals surface area contributed by atoms with Gasteiger partial charge in [-0.25, -0.2) is 19.2 Å². The Kier molecular flexibility index (Phi) is 5.48. The molecule has 0 atom stereocenters. The Morgan fingerprint density at radius 1 is 0.800 bits per heavy atom. The summed E-state index contributed by atoms with van der Waals surface area (Å²) >= 11 is 0. The third kappa shape index (κ3) is 4.33. The van der Waals surface area contributed by atoms with Crippen LogP contribution in [0.15, 0.2) is 85.1 Å². The molecule has 0 aliphatic rings. The smallest absolute Gasteiger partial charge is 0.343 e. The minimum atomic E-state index is -0.555. The Hall–Kier alpha value is -4.06. The fourth-order valence-corrected chi connectivity index (χ4v) is 2.84. The maximum atomic E-state index is 13.0.